The number of benzene rings is 6. The minimum absolute atomic E-state index is 0.0286. The third kappa shape index (κ3) is 6.50. The van der Waals surface area contributed by atoms with Gasteiger partial charge < -0.3 is 14.3 Å². The summed E-state index contributed by atoms with van der Waals surface area (Å²) < 4.78 is 26.1. The van der Waals surface area contributed by atoms with E-state index in [0.717, 1.165) is 10.6 Å². The van der Waals surface area contributed by atoms with E-state index in [1.54, 1.807) is 60.7 Å². The molecule has 4 amide bonds. The van der Waals surface area contributed by atoms with Gasteiger partial charge in [0.2, 0.25) is 17.7 Å². The molecular weight excluding hydrogens is 847 g/mol. The summed E-state index contributed by atoms with van der Waals surface area (Å²) in [5.41, 5.74) is 6.33. The van der Waals surface area contributed by atoms with Crippen LogP contribution >= 0.6 is 11.6 Å². The number of nitrogens with zero attached hydrogens (tertiary/aromatic N) is 3. The van der Waals surface area contributed by atoms with Gasteiger partial charge >= 0.3 is 0 Å². The second kappa shape index (κ2) is 15.6. The largest absolute Gasteiger partial charge is 0.508 e. The summed E-state index contributed by atoms with van der Waals surface area (Å²) in [5, 5.41) is 13.5. The molecule has 2 saturated heterocycles. The second-order valence-electron chi connectivity index (χ2n) is 16.9. The number of amides is 4. The molecule has 3 heterocycles. The molecular formula is C52H38ClFN4O7. The van der Waals surface area contributed by atoms with Crippen molar-refractivity contribution in [3.8, 4) is 23.0 Å². The maximum atomic E-state index is 15.5. The Kier molecular flexibility index (Phi) is 9.65. The first-order valence-corrected chi connectivity index (χ1v) is 21.7. The molecule has 6 aromatic carbocycles. The summed E-state index contributed by atoms with van der Waals surface area (Å²) in [6.45, 7) is 0.235. The molecule has 0 bridgehead atoms. The van der Waals surface area contributed by atoms with E-state index in [1.807, 2.05) is 60.7 Å². The summed E-state index contributed by atoms with van der Waals surface area (Å²) in [4.78, 5) is 65.8. The number of aromatic hydroxyl groups is 1. The number of halogens is 2. The van der Waals surface area contributed by atoms with Gasteiger partial charge in [0.1, 0.15) is 29.4 Å². The molecule has 1 aromatic heterocycles. The summed E-state index contributed by atoms with van der Waals surface area (Å²) in [6.07, 6.45) is 2.12. The second-order valence-corrected chi connectivity index (χ2v) is 17.4. The number of fused-ring (bicyclic) bond motifs is 5. The van der Waals surface area contributed by atoms with Crippen LogP contribution in [0.25, 0.3) is 22.6 Å². The number of hydrogen-bond acceptors (Lipinski definition) is 9. The van der Waals surface area contributed by atoms with Crippen molar-refractivity contribution in [3.63, 3.8) is 0 Å². The molecule has 4 aliphatic rings. The number of carbonyl (C=O) groups is 4. The predicted octanol–water partition coefficient (Wildman–Crippen LogP) is 9.76. The van der Waals surface area contributed by atoms with E-state index in [2.05, 4.69) is 10.4 Å². The Hall–Kier alpha value is -7.57. The Balaban J connectivity index is 1.01. The van der Waals surface area contributed by atoms with E-state index in [4.69, 9.17) is 20.8 Å². The zero-order chi connectivity index (χ0) is 44.6. The first-order chi connectivity index (χ1) is 31.6. The van der Waals surface area contributed by atoms with Crippen LogP contribution in [0.2, 0.25) is 5.02 Å². The first-order valence-electron chi connectivity index (χ1n) is 21.3. The highest BCUT2D eigenvalue weighted by molar-refractivity contribution is 6.30. The number of ether oxygens (including phenoxy) is 1. The maximum Gasteiger partial charge on any atom is 0.260 e. The highest BCUT2D eigenvalue weighted by atomic mass is 35.5. The lowest BCUT2D eigenvalue weighted by molar-refractivity contribution is -0.138. The zero-order valence-corrected chi connectivity index (χ0v) is 35.2. The highest BCUT2D eigenvalue weighted by Crippen LogP contribution is 2.65. The van der Waals surface area contributed by atoms with Gasteiger partial charge in [0.05, 0.1) is 34.5 Å². The third-order valence-electron chi connectivity index (χ3n) is 13.5. The van der Waals surface area contributed by atoms with Crippen LogP contribution in [0.15, 0.2) is 162 Å². The number of rotatable bonds is 9. The van der Waals surface area contributed by atoms with Gasteiger partial charge in [0.15, 0.2) is 5.58 Å². The van der Waals surface area contributed by atoms with Crippen molar-refractivity contribution < 1.29 is 37.8 Å². The number of carbonyl (C=O) groups excluding carboxylic acids is 4. The number of imide groups is 2. The number of anilines is 2. The molecule has 65 heavy (non-hydrogen) atoms. The minimum Gasteiger partial charge on any atom is -0.508 e. The average molecular weight is 885 g/mol. The standard InChI is InChI=1S/C52H38ClFN4O7/c53-32-14-12-31(13-15-32)52-41(49(61)58(51(52)63)56-34-18-16-33(54)17-19-34)27-40-37(46(52)38-23-22-36(26-43(38)59)64-28-29-6-2-1-3-7-29)24-25-39-45(40)50(62)57(48(39)60)35-20-10-30(11-21-35)47-55-42-8-4-5-9-44(42)65-47/h1-24,26,39-41,45-46,56,59H,25,27-28H2/t39-,40+,41-,45-,46+,52+/m0/s1. The number of hydrogen-bond donors (Lipinski definition) is 2. The Morgan fingerprint density at radius 3 is 2.29 bits per heavy atom. The Morgan fingerprint density at radius 1 is 0.815 bits per heavy atom. The van der Waals surface area contributed by atoms with Gasteiger partial charge in [-0.25, -0.2) is 9.37 Å². The van der Waals surface area contributed by atoms with E-state index < -0.39 is 58.5 Å². The Morgan fingerprint density at radius 2 is 1.55 bits per heavy atom. The monoisotopic (exact) mass is 884 g/mol. The molecule has 1 saturated carbocycles. The zero-order valence-electron chi connectivity index (χ0n) is 34.4. The molecule has 2 aliphatic carbocycles. The molecule has 3 fully saturated rings. The van der Waals surface area contributed by atoms with Crippen molar-refractivity contribution in [2.75, 3.05) is 10.3 Å². The molecule has 0 unspecified atom stereocenters. The molecule has 7 aromatic rings. The molecule has 6 atom stereocenters. The van der Waals surface area contributed by atoms with Crippen LogP contribution in [0.1, 0.15) is 35.4 Å². The van der Waals surface area contributed by atoms with Gasteiger partial charge in [-0.15, -0.1) is 0 Å². The van der Waals surface area contributed by atoms with E-state index >= 15 is 9.59 Å². The van der Waals surface area contributed by atoms with E-state index in [0.29, 0.717) is 61.4 Å². The SMILES string of the molecule is O=C1[C@@H]2C[C@@H]3C(=CC[C@@H]4C(=O)N(c5ccc(-c6nc7ccccc7o6)cc5)C(=O)[C@@H]43)[C@H](c3ccc(OCc4ccccc4)cc3O)[C@]2(c2ccc(Cl)cc2)C(=O)N1Nc1ccc(F)cc1. The van der Waals surface area contributed by atoms with Crippen LogP contribution in [0.5, 0.6) is 11.5 Å². The quantitative estimate of drug-likeness (QED) is 0.107. The molecule has 13 heteroatoms. The fraction of sp³-hybridized carbons (Fsp3) is 0.173. The van der Waals surface area contributed by atoms with Crippen LogP contribution < -0.4 is 15.1 Å². The first kappa shape index (κ1) is 40.2. The van der Waals surface area contributed by atoms with Crippen molar-refractivity contribution in [1.29, 1.82) is 0 Å². The predicted molar refractivity (Wildman–Crippen MR) is 240 cm³/mol. The molecule has 11 rings (SSSR count). The number of phenols is 1. The molecule has 2 aliphatic heterocycles. The lowest BCUT2D eigenvalue weighted by Gasteiger charge is -2.50. The summed E-state index contributed by atoms with van der Waals surface area (Å²) in [5.74, 6) is -6.33. The van der Waals surface area contributed by atoms with Gasteiger partial charge in [-0.1, -0.05) is 83.9 Å². The number of nitrogens with one attached hydrogen (secondary N) is 1. The van der Waals surface area contributed by atoms with Crippen LogP contribution in [0.4, 0.5) is 15.8 Å². The third-order valence-corrected chi connectivity index (χ3v) is 13.7. The van der Waals surface area contributed by atoms with Gasteiger partial charge in [0.25, 0.3) is 11.8 Å². The number of para-hydroxylation sites is 2. The molecule has 0 spiro atoms. The molecule has 322 valence electrons. The van der Waals surface area contributed by atoms with Gasteiger partial charge in [-0.3, -0.25) is 29.5 Å². The summed E-state index contributed by atoms with van der Waals surface area (Å²) in [6, 6.07) is 40.8. The van der Waals surface area contributed by atoms with Crippen LogP contribution in [0, 0.1) is 29.5 Å². The van der Waals surface area contributed by atoms with Crippen LogP contribution in [-0.2, 0) is 31.2 Å². The van der Waals surface area contributed by atoms with Crippen LogP contribution in [-0.4, -0.2) is 38.7 Å². The minimum atomic E-state index is -1.68. The van der Waals surface area contributed by atoms with E-state index in [9.17, 15) is 19.1 Å². The van der Waals surface area contributed by atoms with Gasteiger partial charge in [0, 0.05) is 28.1 Å². The number of oxazole rings is 1. The Bertz CT molecular complexity index is 3050. The molecule has 0 radical (unpaired) electrons. The highest BCUT2D eigenvalue weighted by Gasteiger charge is 2.70. The number of allylic oxidation sites excluding steroid dienone is 2. The smallest absolute Gasteiger partial charge is 0.260 e. The number of aromatic nitrogens is 1. The fourth-order valence-electron chi connectivity index (χ4n) is 10.6. The van der Waals surface area contributed by atoms with Crippen molar-refractivity contribution in [1.82, 2.24) is 9.99 Å². The summed E-state index contributed by atoms with van der Waals surface area (Å²) in [7, 11) is 0. The Labute approximate surface area is 376 Å². The van der Waals surface area contributed by atoms with Crippen molar-refractivity contribution in [2.24, 2.45) is 23.7 Å². The van der Waals surface area contributed by atoms with E-state index in [-0.39, 0.29) is 31.1 Å². The lowest BCUT2D eigenvalue weighted by atomic mass is 9.49. The topological polar surface area (TPSA) is 142 Å². The van der Waals surface area contributed by atoms with Gasteiger partial charge in [-0.2, -0.15) is 5.01 Å². The number of phenolic OH excluding ortho intramolecular Hbond substituents is 1. The van der Waals surface area contributed by atoms with Crippen molar-refractivity contribution >= 4 is 57.7 Å². The van der Waals surface area contributed by atoms with Crippen molar-refractivity contribution in [2.45, 2.75) is 30.8 Å². The van der Waals surface area contributed by atoms with E-state index in [1.165, 1.54) is 35.2 Å². The summed E-state index contributed by atoms with van der Waals surface area (Å²) >= 11 is 6.44. The molecule has 11 nitrogen and oxygen atoms in total. The maximum absolute atomic E-state index is 15.5. The van der Waals surface area contributed by atoms with Gasteiger partial charge in [-0.05, 0) is 109 Å². The van der Waals surface area contributed by atoms with Crippen molar-refractivity contribution in [3.05, 3.63) is 185 Å². The van der Waals surface area contributed by atoms with Crippen LogP contribution in [0.3, 0.4) is 0 Å². The lowest BCUT2D eigenvalue weighted by Crippen LogP contribution is -2.53. The number of hydrazine groups is 1. The average Bonchev–Trinajstić information content (AvgIpc) is 3.94. The normalized spacial score (nSPS) is 23.6. The fourth-order valence-corrected chi connectivity index (χ4v) is 10.7. The molecule has 2 N–H and O–H groups in total.